The lowest BCUT2D eigenvalue weighted by Gasteiger charge is -2.24. The molecule has 4 nitrogen and oxygen atoms in total. The highest BCUT2D eigenvalue weighted by atomic mass is 17.2. The van der Waals surface area contributed by atoms with E-state index in [2.05, 4.69) is 6.92 Å². The summed E-state index contributed by atoms with van der Waals surface area (Å²) in [5, 5.41) is 0. The van der Waals surface area contributed by atoms with Crippen LogP contribution in [0.1, 0.15) is 88.5 Å². The lowest BCUT2D eigenvalue weighted by Crippen LogP contribution is -2.27. The van der Waals surface area contributed by atoms with Gasteiger partial charge in [-0.1, -0.05) is 12.8 Å². The van der Waals surface area contributed by atoms with Crippen LogP contribution >= 0.6 is 0 Å². The third kappa shape index (κ3) is 17.9. The zero-order valence-electron chi connectivity index (χ0n) is 16.4. The molecule has 1 saturated carbocycles. The average molecular weight is 318 g/mol. The van der Waals surface area contributed by atoms with Gasteiger partial charge in [-0.25, -0.2) is 19.6 Å². The van der Waals surface area contributed by atoms with E-state index in [-0.39, 0.29) is 22.9 Å². The third-order valence-corrected chi connectivity index (χ3v) is 2.37. The molecule has 0 saturated heterocycles. The minimum Gasteiger partial charge on any atom is -0.233 e. The van der Waals surface area contributed by atoms with Gasteiger partial charge in [-0.2, -0.15) is 0 Å². The first kappa shape index (κ1) is 21.8. The molecular weight excluding hydrogens is 280 g/mol. The highest BCUT2D eigenvalue weighted by Gasteiger charge is 2.25. The van der Waals surface area contributed by atoms with Gasteiger partial charge in [-0.05, 0) is 81.6 Å². The van der Waals surface area contributed by atoms with Gasteiger partial charge in [0.2, 0.25) is 0 Å². The monoisotopic (exact) mass is 318 g/mol. The van der Waals surface area contributed by atoms with Crippen molar-refractivity contribution in [3.8, 4) is 0 Å². The van der Waals surface area contributed by atoms with E-state index in [4.69, 9.17) is 19.6 Å². The number of rotatable bonds is 5. The molecule has 0 heterocycles. The van der Waals surface area contributed by atoms with Gasteiger partial charge in [0.05, 0.1) is 22.9 Å². The second-order valence-corrected chi connectivity index (χ2v) is 9.17. The highest BCUT2D eigenvalue weighted by Crippen LogP contribution is 2.34. The Morgan fingerprint density at radius 1 is 0.727 bits per heavy atom. The molecule has 0 aliphatic heterocycles. The van der Waals surface area contributed by atoms with E-state index in [0.29, 0.717) is 0 Å². The van der Waals surface area contributed by atoms with Crippen molar-refractivity contribution >= 4 is 0 Å². The molecule has 1 rings (SSSR count). The fraction of sp³-hybridized carbons (Fsp3) is 1.00. The fourth-order valence-corrected chi connectivity index (χ4v) is 1.34. The van der Waals surface area contributed by atoms with Crippen LogP contribution in [0.5, 0.6) is 0 Å². The Balaban J connectivity index is 0.000000409. The standard InChI is InChI=1S/C10H20O2.C8H18O2/c1-8(7-9-5-6-9)11-12-10(2,3)4;1-7(2,3)9-10-8(4,5)6/h8-9H,5-7H2,1-4H3;1-6H3. The molecule has 0 N–H and O–H groups in total. The zero-order valence-corrected chi connectivity index (χ0v) is 16.4. The smallest absolute Gasteiger partial charge is 0.0952 e. The molecule has 0 spiro atoms. The lowest BCUT2D eigenvalue weighted by atomic mass is 10.2. The summed E-state index contributed by atoms with van der Waals surface area (Å²) in [4.78, 5) is 20.7. The van der Waals surface area contributed by atoms with Crippen molar-refractivity contribution < 1.29 is 19.6 Å². The molecule has 1 aliphatic rings. The second-order valence-electron chi connectivity index (χ2n) is 9.17. The Morgan fingerprint density at radius 3 is 1.36 bits per heavy atom. The molecule has 0 radical (unpaired) electrons. The Morgan fingerprint density at radius 2 is 1.09 bits per heavy atom. The van der Waals surface area contributed by atoms with E-state index >= 15 is 0 Å². The summed E-state index contributed by atoms with van der Waals surface area (Å²) in [5.74, 6) is 0.906. The van der Waals surface area contributed by atoms with Crippen molar-refractivity contribution in [2.45, 2.75) is 111 Å². The SMILES string of the molecule is CC(C)(C)OOC(C)(C)C.CC(CC1CC1)OOC(C)(C)C. The molecule has 4 heteroatoms. The zero-order chi connectivity index (χ0) is 17.6. The predicted octanol–water partition coefficient (Wildman–Crippen LogP) is 5.45. The Hall–Kier alpha value is -0.160. The van der Waals surface area contributed by atoms with Gasteiger partial charge in [0, 0.05) is 0 Å². The Kier molecular flexibility index (Phi) is 8.56. The van der Waals surface area contributed by atoms with Gasteiger partial charge in [-0.3, -0.25) is 0 Å². The molecular formula is C18H38O4. The Bertz CT molecular complexity index is 276. The van der Waals surface area contributed by atoms with E-state index in [9.17, 15) is 0 Å². The fourth-order valence-electron chi connectivity index (χ4n) is 1.34. The van der Waals surface area contributed by atoms with E-state index in [1.165, 1.54) is 12.8 Å². The largest absolute Gasteiger partial charge is 0.233 e. The molecule has 0 aromatic rings. The van der Waals surface area contributed by atoms with Crippen molar-refractivity contribution in [1.82, 2.24) is 0 Å². The first-order valence-corrected chi connectivity index (χ1v) is 8.39. The van der Waals surface area contributed by atoms with Gasteiger partial charge in [-0.15, -0.1) is 0 Å². The third-order valence-electron chi connectivity index (χ3n) is 2.37. The summed E-state index contributed by atoms with van der Waals surface area (Å²) < 4.78 is 0. The summed E-state index contributed by atoms with van der Waals surface area (Å²) in [6, 6.07) is 0. The van der Waals surface area contributed by atoms with Crippen molar-refractivity contribution in [3.05, 3.63) is 0 Å². The van der Waals surface area contributed by atoms with Crippen molar-refractivity contribution in [2.75, 3.05) is 0 Å². The van der Waals surface area contributed by atoms with Gasteiger partial charge >= 0.3 is 0 Å². The summed E-state index contributed by atoms with van der Waals surface area (Å²) in [6.45, 7) is 19.8. The minimum atomic E-state index is -0.215. The van der Waals surface area contributed by atoms with Gasteiger partial charge in [0.15, 0.2) is 0 Å². The van der Waals surface area contributed by atoms with Crippen LogP contribution in [0.3, 0.4) is 0 Å². The van der Waals surface area contributed by atoms with Crippen molar-refractivity contribution in [2.24, 2.45) is 5.92 Å². The molecule has 1 aliphatic carbocycles. The Labute approximate surface area is 137 Å². The van der Waals surface area contributed by atoms with Crippen molar-refractivity contribution in [1.29, 1.82) is 0 Å². The van der Waals surface area contributed by atoms with Crippen molar-refractivity contribution in [3.63, 3.8) is 0 Å². The molecule has 0 aromatic carbocycles. The molecule has 1 unspecified atom stereocenters. The maximum Gasteiger partial charge on any atom is 0.0952 e. The number of hydrogen-bond acceptors (Lipinski definition) is 4. The van der Waals surface area contributed by atoms with Crippen LogP contribution in [0.4, 0.5) is 0 Å². The van der Waals surface area contributed by atoms with Crippen LogP contribution in [-0.4, -0.2) is 22.9 Å². The van der Waals surface area contributed by atoms with Gasteiger partial charge in [0.25, 0.3) is 0 Å². The molecule has 1 atom stereocenters. The lowest BCUT2D eigenvalue weighted by molar-refractivity contribution is -0.393. The van der Waals surface area contributed by atoms with Crippen LogP contribution in [0.15, 0.2) is 0 Å². The van der Waals surface area contributed by atoms with E-state index in [1.807, 2.05) is 62.3 Å². The minimum absolute atomic E-state index is 0.183. The van der Waals surface area contributed by atoms with E-state index < -0.39 is 0 Å². The maximum absolute atomic E-state index is 5.26. The molecule has 134 valence electrons. The summed E-state index contributed by atoms with van der Waals surface area (Å²) in [6.07, 6.45) is 4.15. The van der Waals surface area contributed by atoms with Crippen LogP contribution in [0, 0.1) is 5.92 Å². The normalized spacial score (nSPS) is 17.7. The summed E-state index contributed by atoms with van der Waals surface area (Å²) in [7, 11) is 0. The van der Waals surface area contributed by atoms with E-state index in [0.717, 1.165) is 12.3 Å². The molecule has 0 aromatic heterocycles. The van der Waals surface area contributed by atoms with Crippen LogP contribution in [-0.2, 0) is 19.6 Å². The number of hydrogen-bond donors (Lipinski definition) is 0. The highest BCUT2D eigenvalue weighted by molar-refractivity contribution is 4.75. The van der Waals surface area contributed by atoms with Crippen LogP contribution in [0.25, 0.3) is 0 Å². The summed E-state index contributed by atoms with van der Waals surface area (Å²) >= 11 is 0. The molecule has 0 amide bonds. The molecule has 22 heavy (non-hydrogen) atoms. The maximum atomic E-state index is 5.26. The van der Waals surface area contributed by atoms with Gasteiger partial charge in [0.1, 0.15) is 0 Å². The van der Waals surface area contributed by atoms with Gasteiger partial charge < -0.3 is 0 Å². The average Bonchev–Trinajstić information content (AvgIpc) is 3.06. The first-order valence-electron chi connectivity index (χ1n) is 8.39. The summed E-state index contributed by atoms with van der Waals surface area (Å²) in [5.41, 5.74) is -0.613. The molecule has 0 bridgehead atoms. The first-order chi connectivity index (χ1) is 9.68. The van der Waals surface area contributed by atoms with Crippen LogP contribution in [0.2, 0.25) is 0 Å². The molecule has 1 fully saturated rings. The topological polar surface area (TPSA) is 36.9 Å². The van der Waals surface area contributed by atoms with E-state index in [1.54, 1.807) is 0 Å². The quantitative estimate of drug-likeness (QED) is 0.498. The second kappa shape index (κ2) is 8.62. The van der Waals surface area contributed by atoms with Crippen LogP contribution < -0.4 is 0 Å². The predicted molar refractivity (Wildman–Crippen MR) is 90.4 cm³/mol.